The highest BCUT2D eigenvalue weighted by atomic mass is 19.4. The molecule has 3 nitrogen and oxygen atoms in total. The average molecular weight is 304 g/mol. The van der Waals surface area contributed by atoms with Crippen molar-refractivity contribution in [3.05, 3.63) is 29.8 Å². The SMILES string of the molecule is COc1ccccc1CC(C)N(C)C(CCN)C(F)(F)F. The summed E-state index contributed by atoms with van der Waals surface area (Å²) in [6, 6.07) is 5.57. The predicted octanol–water partition coefficient (Wildman–Crippen LogP) is 2.84. The quantitative estimate of drug-likeness (QED) is 0.842. The fourth-order valence-corrected chi connectivity index (χ4v) is 2.40. The van der Waals surface area contributed by atoms with Gasteiger partial charge in [0.2, 0.25) is 0 Å². The van der Waals surface area contributed by atoms with E-state index in [0.717, 1.165) is 5.56 Å². The first-order chi connectivity index (χ1) is 9.81. The van der Waals surface area contributed by atoms with Crippen LogP contribution in [0.4, 0.5) is 13.2 Å². The van der Waals surface area contributed by atoms with E-state index in [0.29, 0.717) is 12.2 Å². The van der Waals surface area contributed by atoms with Gasteiger partial charge in [0.15, 0.2) is 0 Å². The highest BCUT2D eigenvalue weighted by Gasteiger charge is 2.42. The van der Waals surface area contributed by atoms with Gasteiger partial charge in [-0.3, -0.25) is 4.90 Å². The minimum atomic E-state index is -4.27. The van der Waals surface area contributed by atoms with Crippen LogP contribution in [-0.2, 0) is 6.42 Å². The highest BCUT2D eigenvalue weighted by molar-refractivity contribution is 5.33. The molecule has 1 rings (SSSR count). The van der Waals surface area contributed by atoms with Gasteiger partial charge in [0.1, 0.15) is 11.8 Å². The summed E-state index contributed by atoms with van der Waals surface area (Å²) >= 11 is 0. The fourth-order valence-electron chi connectivity index (χ4n) is 2.40. The van der Waals surface area contributed by atoms with Crippen LogP contribution in [0.15, 0.2) is 24.3 Å². The zero-order chi connectivity index (χ0) is 16.0. The van der Waals surface area contributed by atoms with Crippen molar-refractivity contribution in [1.29, 1.82) is 0 Å². The van der Waals surface area contributed by atoms with Crippen molar-refractivity contribution in [1.82, 2.24) is 4.90 Å². The first-order valence-electron chi connectivity index (χ1n) is 6.91. The molecule has 21 heavy (non-hydrogen) atoms. The van der Waals surface area contributed by atoms with Crippen molar-refractivity contribution in [2.24, 2.45) is 5.73 Å². The van der Waals surface area contributed by atoms with E-state index in [1.165, 1.54) is 11.9 Å². The average Bonchev–Trinajstić information content (AvgIpc) is 2.43. The number of ether oxygens (including phenoxy) is 1. The van der Waals surface area contributed by atoms with Crippen LogP contribution >= 0.6 is 0 Å². The van der Waals surface area contributed by atoms with Crippen LogP contribution in [0.25, 0.3) is 0 Å². The molecule has 0 saturated heterocycles. The second kappa shape index (κ2) is 7.66. The van der Waals surface area contributed by atoms with E-state index in [4.69, 9.17) is 10.5 Å². The minimum Gasteiger partial charge on any atom is -0.496 e. The molecule has 0 fully saturated rings. The number of para-hydroxylation sites is 1. The van der Waals surface area contributed by atoms with Crippen LogP contribution in [0, 0.1) is 0 Å². The van der Waals surface area contributed by atoms with Crippen molar-refractivity contribution in [2.75, 3.05) is 20.7 Å². The molecule has 0 saturated carbocycles. The van der Waals surface area contributed by atoms with Crippen molar-refractivity contribution >= 4 is 0 Å². The first-order valence-corrected chi connectivity index (χ1v) is 6.91. The Morgan fingerprint density at radius 3 is 2.43 bits per heavy atom. The zero-order valence-corrected chi connectivity index (χ0v) is 12.7. The molecule has 0 aromatic heterocycles. The molecule has 2 atom stereocenters. The number of halogens is 3. The third kappa shape index (κ3) is 4.89. The molecular formula is C15H23F3N2O. The molecule has 1 aromatic carbocycles. The number of benzene rings is 1. The smallest absolute Gasteiger partial charge is 0.404 e. The summed E-state index contributed by atoms with van der Waals surface area (Å²) in [6.45, 7) is 1.79. The van der Waals surface area contributed by atoms with E-state index in [2.05, 4.69) is 0 Å². The molecule has 6 heteroatoms. The van der Waals surface area contributed by atoms with Gasteiger partial charge in [-0.1, -0.05) is 18.2 Å². The molecule has 0 spiro atoms. The maximum atomic E-state index is 13.1. The van der Waals surface area contributed by atoms with Crippen molar-refractivity contribution in [3.8, 4) is 5.75 Å². The Kier molecular flexibility index (Phi) is 6.48. The van der Waals surface area contributed by atoms with Crippen LogP contribution in [0.1, 0.15) is 18.9 Å². The van der Waals surface area contributed by atoms with Crippen LogP contribution in [0.3, 0.4) is 0 Å². The van der Waals surface area contributed by atoms with Gasteiger partial charge in [0.25, 0.3) is 0 Å². The summed E-state index contributed by atoms with van der Waals surface area (Å²) in [4.78, 5) is 1.35. The van der Waals surface area contributed by atoms with Gasteiger partial charge in [0.05, 0.1) is 7.11 Å². The predicted molar refractivity (Wildman–Crippen MR) is 77.4 cm³/mol. The number of hydrogen-bond donors (Lipinski definition) is 1. The van der Waals surface area contributed by atoms with Gasteiger partial charge in [-0.05, 0) is 45.0 Å². The third-order valence-electron chi connectivity index (χ3n) is 3.71. The molecule has 0 bridgehead atoms. The number of nitrogens with two attached hydrogens (primary N) is 1. The van der Waals surface area contributed by atoms with Gasteiger partial charge in [-0.2, -0.15) is 13.2 Å². The second-order valence-corrected chi connectivity index (χ2v) is 5.17. The van der Waals surface area contributed by atoms with Crippen molar-refractivity contribution < 1.29 is 17.9 Å². The molecule has 2 unspecified atom stereocenters. The summed E-state index contributed by atoms with van der Waals surface area (Å²) in [6.07, 6.45) is -3.89. The van der Waals surface area contributed by atoms with E-state index < -0.39 is 12.2 Å². The first kappa shape index (κ1) is 17.8. The molecule has 0 aliphatic carbocycles. The number of nitrogens with zero attached hydrogens (tertiary/aromatic N) is 1. The van der Waals surface area contributed by atoms with Crippen LogP contribution in [0.5, 0.6) is 5.75 Å². The third-order valence-corrected chi connectivity index (χ3v) is 3.71. The van der Waals surface area contributed by atoms with E-state index in [1.54, 1.807) is 14.0 Å². The number of likely N-dealkylation sites (N-methyl/N-ethyl adjacent to an activating group) is 1. The second-order valence-electron chi connectivity index (χ2n) is 5.17. The maximum absolute atomic E-state index is 13.1. The van der Waals surface area contributed by atoms with Crippen LogP contribution in [0.2, 0.25) is 0 Å². The number of methoxy groups -OCH3 is 1. The molecule has 0 aliphatic rings. The Bertz CT molecular complexity index is 437. The summed E-state index contributed by atoms with van der Waals surface area (Å²) in [5.74, 6) is 0.695. The Hall–Kier alpha value is -1.27. The topological polar surface area (TPSA) is 38.5 Å². The molecule has 0 aliphatic heterocycles. The van der Waals surface area contributed by atoms with Crippen LogP contribution < -0.4 is 10.5 Å². The van der Waals surface area contributed by atoms with E-state index in [1.807, 2.05) is 24.3 Å². The molecule has 1 aromatic rings. The molecule has 0 amide bonds. The van der Waals surface area contributed by atoms with E-state index >= 15 is 0 Å². The lowest BCUT2D eigenvalue weighted by Gasteiger charge is -2.34. The molecule has 0 radical (unpaired) electrons. The number of rotatable bonds is 7. The van der Waals surface area contributed by atoms with Gasteiger partial charge in [-0.15, -0.1) is 0 Å². The normalized spacial score (nSPS) is 15.0. The Labute approximate surface area is 123 Å². The Balaban J connectivity index is 2.83. The van der Waals surface area contributed by atoms with Gasteiger partial charge in [0, 0.05) is 6.04 Å². The molecular weight excluding hydrogens is 281 g/mol. The highest BCUT2D eigenvalue weighted by Crippen LogP contribution is 2.29. The number of alkyl halides is 3. The fraction of sp³-hybridized carbons (Fsp3) is 0.600. The van der Waals surface area contributed by atoms with Gasteiger partial charge >= 0.3 is 6.18 Å². The van der Waals surface area contributed by atoms with Crippen molar-refractivity contribution in [2.45, 2.75) is 38.0 Å². The van der Waals surface area contributed by atoms with Gasteiger partial charge < -0.3 is 10.5 Å². The van der Waals surface area contributed by atoms with Gasteiger partial charge in [-0.25, -0.2) is 0 Å². The van der Waals surface area contributed by atoms with Crippen LogP contribution in [-0.4, -0.2) is 43.9 Å². The zero-order valence-electron chi connectivity index (χ0n) is 12.7. The standard InChI is InChI=1S/C15H23F3N2O/c1-11(10-12-6-4-5-7-13(12)21-3)20(2)14(8-9-19)15(16,17)18/h4-7,11,14H,8-10,19H2,1-3H3. The minimum absolute atomic E-state index is 0.00982. The molecule has 2 N–H and O–H groups in total. The molecule has 0 heterocycles. The van der Waals surface area contributed by atoms with E-state index in [-0.39, 0.29) is 19.0 Å². The monoisotopic (exact) mass is 304 g/mol. The summed E-state index contributed by atoms with van der Waals surface area (Å²) in [7, 11) is 3.05. The lowest BCUT2D eigenvalue weighted by molar-refractivity contribution is -0.186. The summed E-state index contributed by atoms with van der Waals surface area (Å²) in [5.41, 5.74) is 6.21. The summed E-state index contributed by atoms with van der Waals surface area (Å²) in [5, 5.41) is 0. The Morgan fingerprint density at radius 2 is 1.90 bits per heavy atom. The number of hydrogen-bond acceptors (Lipinski definition) is 3. The summed E-state index contributed by atoms with van der Waals surface area (Å²) < 4.78 is 44.5. The Morgan fingerprint density at radius 1 is 1.29 bits per heavy atom. The molecule has 120 valence electrons. The largest absolute Gasteiger partial charge is 0.496 e. The lowest BCUT2D eigenvalue weighted by atomic mass is 10.0. The van der Waals surface area contributed by atoms with E-state index in [9.17, 15) is 13.2 Å². The van der Waals surface area contributed by atoms with Crippen molar-refractivity contribution in [3.63, 3.8) is 0 Å². The maximum Gasteiger partial charge on any atom is 0.404 e. The lowest BCUT2D eigenvalue weighted by Crippen LogP contribution is -2.49.